The molecule has 0 saturated carbocycles. The zero-order valence-corrected chi connectivity index (χ0v) is 26.4. The predicted octanol–water partition coefficient (Wildman–Crippen LogP) is 7.91. The van der Waals surface area contributed by atoms with Crippen molar-refractivity contribution >= 4 is 7.82 Å². The van der Waals surface area contributed by atoms with E-state index in [-0.39, 0.29) is 19.8 Å². The minimum Gasteiger partial charge on any atom is -0.379 e. The van der Waals surface area contributed by atoms with Crippen LogP contribution in [0, 0.1) is 0 Å². The minimum atomic E-state index is -4.21. The smallest absolute Gasteiger partial charge is 0.379 e. The van der Waals surface area contributed by atoms with Crippen molar-refractivity contribution < 1.29 is 32.5 Å². The van der Waals surface area contributed by atoms with Crippen LogP contribution in [0.1, 0.15) is 102 Å². The van der Waals surface area contributed by atoms with Crippen LogP contribution in [-0.2, 0) is 29.7 Å². The van der Waals surface area contributed by atoms with E-state index in [0.29, 0.717) is 24.2 Å². The van der Waals surface area contributed by atoms with Gasteiger partial charge in [0.05, 0.1) is 41.0 Å². The fraction of sp³-hybridized carbons (Fsp3) is 0.806. The van der Waals surface area contributed by atoms with Gasteiger partial charge in [-0.1, -0.05) is 121 Å². The Morgan fingerprint density at radius 1 is 0.744 bits per heavy atom. The highest BCUT2D eigenvalue weighted by atomic mass is 31.2. The molecule has 1 aromatic rings. The number of hydrogen-bond acceptors (Lipinski definition) is 5. The largest absolute Gasteiger partial charge is 0.472 e. The van der Waals surface area contributed by atoms with Crippen molar-refractivity contribution in [1.29, 1.82) is 0 Å². The molecule has 0 aliphatic carbocycles. The van der Waals surface area contributed by atoms with Gasteiger partial charge in [-0.2, -0.15) is 0 Å². The first-order chi connectivity index (χ1) is 18.7. The van der Waals surface area contributed by atoms with Crippen molar-refractivity contribution in [3.8, 4) is 0 Å². The predicted molar refractivity (Wildman–Crippen MR) is 161 cm³/mol. The topological polar surface area (TPSA) is 74.2 Å². The summed E-state index contributed by atoms with van der Waals surface area (Å²) in [5, 5.41) is 0. The minimum absolute atomic E-state index is 0.134. The monoisotopic (exact) mass is 572 g/mol. The van der Waals surface area contributed by atoms with Gasteiger partial charge in [0.2, 0.25) is 0 Å². The molecule has 1 N–H and O–H groups in total. The molecular weight excluding hydrogens is 513 g/mol. The Kier molecular flexibility index (Phi) is 21.2. The van der Waals surface area contributed by atoms with E-state index in [0.717, 1.165) is 18.4 Å². The van der Waals surface area contributed by atoms with E-state index in [9.17, 15) is 9.46 Å². The molecule has 7 nitrogen and oxygen atoms in total. The molecule has 0 spiro atoms. The van der Waals surface area contributed by atoms with Gasteiger partial charge in [0.25, 0.3) is 0 Å². The lowest BCUT2D eigenvalue weighted by atomic mass is 10.0. The molecule has 0 fully saturated rings. The molecule has 0 aromatic heterocycles. The second-order valence-corrected chi connectivity index (χ2v) is 13.1. The Hall–Kier alpha value is -0.790. The number of likely N-dealkylation sites (N-methyl/N-ethyl adjacent to an activating group) is 1. The standard InChI is InChI=1S/C31H58NO6P/c1-5-6-7-8-9-10-11-12-13-14-15-16-17-21-25-35-28-31(29-36-27-30-22-19-18-20-23-30)38-39(33,34)37-26-24-32(2,3)4/h18-20,22-23,31H,5-17,21,24-29H2,1-4H3/p+1/t31-/m0/s1. The van der Waals surface area contributed by atoms with E-state index < -0.39 is 13.9 Å². The van der Waals surface area contributed by atoms with Crippen molar-refractivity contribution in [2.75, 3.05) is 54.1 Å². The Balaban J connectivity index is 2.20. The molecule has 1 aromatic carbocycles. The average Bonchev–Trinajstić information content (AvgIpc) is 2.87. The van der Waals surface area contributed by atoms with Gasteiger partial charge in [0.15, 0.2) is 0 Å². The van der Waals surface area contributed by atoms with Gasteiger partial charge < -0.3 is 18.9 Å². The first-order valence-corrected chi connectivity index (χ1v) is 16.9. The summed E-state index contributed by atoms with van der Waals surface area (Å²) < 4.78 is 35.4. The van der Waals surface area contributed by atoms with Gasteiger partial charge in [0.1, 0.15) is 19.3 Å². The van der Waals surface area contributed by atoms with Crippen LogP contribution >= 0.6 is 7.82 Å². The second-order valence-electron chi connectivity index (χ2n) is 11.7. The van der Waals surface area contributed by atoms with Crippen LogP contribution in [0.15, 0.2) is 30.3 Å². The number of benzene rings is 1. The Morgan fingerprint density at radius 3 is 1.79 bits per heavy atom. The van der Waals surface area contributed by atoms with E-state index in [2.05, 4.69) is 6.92 Å². The maximum Gasteiger partial charge on any atom is 0.472 e. The van der Waals surface area contributed by atoms with E-state index in [1.54, 1.807) is 0 Å². The van der Waals surface area contributed by atoms with Gasteiger partial charge in [-0.05, 0) is 12.0 Å². The molecule has 0 aliphatic heterocycles. The third kappa shape index (κ3) is 23.6. The molecule has 0 bridgehead atoms. The molecule has 0 amide bonds. The number of hydrogen-bond donors (Lipinski definition) is 1. The number of phosphoric acid groups is 1. The lowest BCUT2D eigenvalue weighted by molar-refractivity contribution is -0.870. The fourth-order valence-corrected chi connectivity index (χ4v) is 5.13. The summed E-state index contributed by atoms with van der Waals surface area (Å²) in [6.07, 6.45) is 17.7. The first kappa shape index (κ1) is 36.2. The van der Waals surface area contributed by atoms with Crippen LogP contribution in [0.2, 0.25) is 0 Å². The highest BCUT2D eigenvalue weighted by Crippen LogP contribution is 2.44. The zero-order chi connectivity index (χ0) is 28.7. The summed E-state index contributed by atoms with van der Waals surface area (Å²) in [7, 11) is 1.79. The number of phosphoric ester groups is 1. The lowest BCUT2D eigenvalue weighted by Crippen LogP contribution is -2.37. The summed E-state index contributed by atoms with van der Waals surface area (Å²) in [4.78, 5) is 10.2. The number of nitrogens with zero attached hydrogens (tertiary/aromatic N) is 1. The average molecular weight is 573 g/mol. The molecule has 228 valence electrons. The van der Waals surface area contributed by atoms with E-state index in [1.807, 2.05) is 51.5 Å². The van der Waals surface area contributed by atoms with E-state index in [4.69, 9.17) is 18.5 Å². The molecule has 39 heavy (non-hydrogen) atoms. The molecule has 8 heteroatoms. The molecule has 1 rings (SSSR count). The van der Waals surface area contributed by atoms with Crippen molar-refractivity contribution in [2.24, 2.45) is 0 Å². The van der Waals surface area contributed by atoms with Crippen LogP contribution in [-0.4, -0.2) is 69.6 Å². The van der Waals surface area contributed by atoms with Crippen molar-refractivity contribution in [3.05, 3.63) is 35.9 Å². The van der Waals surface area contributed by atoms with Crippen LogP contribution < -0.4 is 0 Å². The van der Waals surface area contributed by atoms with E-state index in [1.165, 1.54) is 77.0 Å². The Morgan fingerprint density at radius 2 is 1.26 bits per heavy atom. The van der Waals surface area contributed by atoms with Crippen molar-refractivity contribution in [3.63, 3.8) is 0 Å². The summed E-state index contributed by atoms with van der Waals surface area (Å²) in [6.45, 7) is 4.35. The second kappa shape index (κ2) is 22.8. The maximum atomic E-state index is 12.5. The maximum absolute atomic E-state index is 12.5. The molecule has 0 saturated heterocycles. The molecule has 1 unspecified atom stereocenters. The highest BCUT2D eigenvalue weighted by Gasteiger charge is 2.28. The highest BCUT2D eigenvalue weighted by molar-refractivity contribution is 7.47. The Bertz CT molecular complexity index is 728. The number of unbranched alkanes of at least 4 members (excludes halogenated alkanes) is 13. The summed E-state index contributed by atoms with van der Waals surface area (Å²) >= 11 is 0. The molecule has 0 radical (unpaired) electrons. The summed E-state index contributed by atoms with van der Waals surface area (Å²) in [6, 6.07) is 9.82. The molecular formula is C31H59NO6P+. The summed E-state index contributed by atoms with van der Waals surface area (Å²) in [5.41, 5.74) is 1.03. The van der Waals surface area contributed by atoms with Gasteiger partial charge in [0, 0.05) is 6.61 Å². The number of ether oxygens (including phenoxy) is 2. The number of quaternary nitrogens is 1. The van der Waals surface area contributed by atoms with Crippen LogP contribution in [0.25, 0.3) is 0 Å². The van der Waals surface area contributed by atoms with Crippen molar-refractivity contribution in [2.45, 2.75) is 110 Å². The molecule has 0 aliphatic rings. The Labute approximate surface area is 239 Å². The lowest BCUT2D eigenvalue weighted by Gasteiger charge is -2.25. The SMILES string of the molecule is CCCCCCCCCCCCCCCCOC[C@@H](COCc1ccccc1)OP(=O)(O)OCC[N+](C)(C)C. The normalized spacial score (nSPS) is 14.4. The van der Waals surface area contributed by atoms with Gasteiger partial charge in [-0.15, -0.1) is 0 Å². The van der Waals surface area contributed by atoms with Crippen LogP contribution in [0.4, 0.5) is 0 Å². The van der Waals surface area contributed by atoms with Gasteiger partial charge in [-0.3, -0.25) is 9.05 Å². The van der Waals surface area contributed by atoms with Crippen LogP contribution in [0.3, 0.4) is 0 Å². The fourth-order valence-electron chi connectivity index (χ4n) is 4.25. The summed E-state index contributed by atoms with van der Waals surface area (Å²) in [5.74, 6) is 0. The first-order valence-electron chi connectivity index (χ1n) is 15.4. The zero-order valence-electron chi connectivity index (χ0n) is 25.5. The van der Waals surface area contributed by atoms with Crippen molar-refractivity contribution in [1.82, 2.24) is 0 Å². The van der Waals surface area contributed by atoms with Gasteiger partial charge >= 0.3 is 7.82 Å². The van der Waals surface area contributed by atoms with E-state index >= 15 is 0 Å². The third-order valence-corrected chi connectivity index (χ3v) is 7.73. The third-order valence-electron chi connectivity index (χ3n) is 6.66. The molecule has 2 atom stereocenters. The molecule has 0 heterocycles. The van der Waals surface area contributed by atoms with Crippen LogP contribution in [0.5, 0.6) is 0 Å². The number of rotatable bonds is 27. The quantitative estimate of drug-likeness (QED) is 0.0656. The van der Waals surface area contributed by atoms with Gasteiger partial charge in [-0.25, -0.2) is 4.57 Å².